The maximum atomic E-state index is 12.5. The average molecular weight is 314 g/mol. The second kappa shape index (κ2) is 7.62. The van der Waals surface area contributed by atoms with Crippen molar-refractivity contribution in [2.45, 2.75) is 51.0 Å². The summed E-state index contributed by atoms with van der Waals surface area (Å²) in [5.74, 6) is 0.643. The fraction of sp³-hybridized carbons (Fsp3) is 0.579. The molecule has 1 aromatic carbocycles. The van der Waals surface area contributed by atoms with Crippen LogP contribution in [0.3, 0.4) is 0 Å². The van der Waals surface area contributed by atoms with Crippen molar-refractivity contribution in [1.29, 1.82) is 0 Å². The first-order valence-electron chi connectivity index (χ1n) is 8.83. The first-order valence-corrected chi connectivity index (χ1v) is 8.83. The molecule has 0 spiro atoms. The molecule has 1 saturated heterocycles. The fourth-order valence-electron chi connectivity index (χ4n) is 3.82. The summed E-state index contributed by atoms with van der Waals surface area (Å²) < 4.78 is 0. The summed E-state index contributed by atoms with van der Waals surface area (Å²) in [6.07, 6.45) is 6.88. The van der Waals surface area contributed by atoms with E-state index in [-0.39, 0.29) is 23.8 Å². The summed E-state index contributed by atoms with van der Waals surface area (Å²) in [6.45, 7) is 0.487. The van der Waals surface area contributed by atoms with Crippen molar-refractivity contribution >= 4 is 11.8 Å². The van der Waals surface area contributed by atoms with Crippen LogP contribution in [0.5, 0.6) is 0 Å². The summed E-state index contributed by atoms with van der Waals surface area (Å²) in [7, 11) is 0. The zero-order chi connectivity index (χ0) is 16.1. The number of hydrogen-bond donors (Lipinski definition) is 2. The monoisotopic (exact) mass is 314 g/mol. The van der Waals surface area contributed by atoms with E-state index in [0.717, 1.165) is 12.8 Å². The van der Waals surface area contributed by atoms with Gasteiger partial charge in [-0.25, -0.2) is 0 Å². The molecule has 3 atom stereocenters. The Kier molecular flexibility index (Phi) is 5.31. The van der Waals surface area contributed by atoms with Gasteiger partial charge in [-0.3, -0.25) is 9.59 Å². The van der Waals surface area contributed by atoms with Crippen LogP contribution < -0.4 is 10.6 Å². The molecular weight excluding hydrogens is 288 g/mol. The molecule has 2 N–H and O–H groups in total. The minimum absolute atomic E-state index is 0.0630. The van der Waals surface area contributed by atoms with Crippen molar-refractivity contribution in [3.05, 3.63) is 35.9 Å². The molecule has 0 aromatic heterocycles. The van der Waals surface area contributed by atoms with Crippen LogP contribution in [0, 0.1) is 11.8 Å². The molecule has 4 heteroatoms. The first kappa shape index (κ1) is 16.0. The van der Waals surface area contributed by atoms with E-state index in [0.29, 0.717) is 25.3 Å². The van der Waals surface area contributed by atoms with E-state index in [1.54, 1.807) is 0 Å². The lowest BCUT2D eigenvalue weighted by Gasteiger charge is -2.34. The standard InChI is InChI=1S/C19H26N2O2/c22-18-11-10-16(13-20-18)19(23)21-17-9-5-4-8-15(17)12-14-6-2-1-3-7-14/h1-3,6-7,15-17H,4-5,8-13H2,(H,20,22)(H,21,23)/t15-,16-,17+/m0/s1. The zero-order valence-electron chi connectivity index (χ0n) is 13.6. The highest BCUT2D eigenvalue weighted by molar-refractivity contribution is 5.83. The largest absolute Gasteiger partial charge is 0.355 e. The summed E-state index contributed by atoms with van der Waals surface area (Å²) in [5.41, 5.74) is 1.35. The van der Waals surface area contributed by atoms with E-state index in [1.807, 2.05) is 6.07 Å². The van der Waals surface area contributed by atoms with Gasteiger partial charge in [0.25, 0.3) is 0 Å². The van der Waals surface area contributed by atoms with E-state index in [4.69, 9.17) is 0 Å². The molecule has 0 unspecified atom stereocenters. The molecule has 1 aliphatic heterocycles. The van der Waals surface area contributed by atoms with E-state index in [2.05, 4.69) is 34.9 Å². The fourth-order valence-corrected chi connectivity index (χ4v) is 3.82. The lowest BCUT2D eigenvalue weighted by atomic mass is 9.80. The Labute approximate surface area is 138 Å². The number of amides is 2. The topological polar surface area (TPSA) is 58.2 Å². The quantitative estimate of drug-likeness (QED) is 0.897. The van der Waals surface area contributed by atoms with Crippen LogP contribution in [-0.4, -0.2) is 24.4 Å². The van der Waals surface area contributed by atoms with Crippen molar-refractivity contribution in [1.82, 2.24) is 10.6 Å². The summed E-state index contributed by atoms with van der Waals surface area (Å²) in [5, 5.41) is 6.09. The van der Waals surface area contributed by atoms with Gasteiger partial charge in [0, 0.05) is 19.0 Å². The molecule has 2 amide bonds. The van der Waals surface area contributed by atoms with E-state index >= 15 is 0 Å². The normalized spacial score (nSPS) is 28.0. The van der Waals surface area contributed by atoms with Crippen LogP contribution in [0.15, 0.2) is 30.3 Å². The third-order valence-corrected chi connectivity index (χ3v) is 5.21. The molecule has 2 aliphatic rings. The molecule has 1 heterocycles. The maximum Gasteiger partial charge on any atom is 0.225 e. The van der Waals surface area contributed by atoms with Crippen molar-refractivity contribution < 1.29 is 9.59 Å². The van der Waals surface area contributed by atoms with Gasteiger partial charge in [0.15, 0.2) is 0 Å². The third kappa shape index (κ3) is 4.34. The lowest BCUT2D eigenvalue weighted by Crippen LogP contribution is -2.49. The Hall–Kier alpha value is -1.84. The Bertz CT molecular complexity index is 534. The van der Waals surface area contributed by atoms with Gasteiger partial charge >= 0.3 is 0 Å². The molecular formula is C19H26N2O2. The molecule has 23 heavy (non-hydrogen) atoms. The number of hydrogen-bond acceptors (Lipinski definition) is 2. The van der Waals surface area contributed by atoms with Gasteiger partial charge in [-0.2, -0.15) is 0 Å². The van der Waals surface area contributed by atoms with E-state index in [1.165, 1.54) is 24.8 Å². The predicted octanol–water partition coefficient (Wildman–Crippen LogP) is 2.43. The maximum absolute atomic E-state index is 12.5. The number of carbonyl (C=O) groups excluding carboxylic acids is 2. The highest BCUT2D eigenvalue weighted by Gasteiger charge is 2.30. The average Bonchev–Trinajstić information content (AvgIpc) is 2.58. The molecule has 1 saturated carbocycles. The van der Waals surface area contributed by atoms with Gasteiger partial charge in [-0.1, -0.05) is 43.2 Å². The lowest BCUT2D eigenvalue weighted by molar-refractivity contribution is -0.129. The van der Waals surface area contributed by atoms with E-state index < -0.39 is 0 Å². The minimum Gasteiger partial charge on any atom is -0.355 e. The van der Waals surface area contributed by atoms with Crippen LogP contribution in [0.1, 0.15) is 44.1 Å². The third-order valence-electron chi connectivity index (χ3n) is 5.21. The summed E-state index contributed by atoms with van der Waals surface area (Å²) in [4.78, 5) is 23.7. The minimum atomic E-state index is -0.0630. The van der Waals surface area contributed by atoms with Crippen molar-refractivity contribution in [2.75, 3.05) is 6.54 Å². The highest BCUT2D eigenvalue weighted by atomic mass is 16.2. The van der Waals surface area contributed by atoms with Gasteiger partial charge in [-0.05, 0) is 37.2 Å². The molecule has 0 bridgehead atoms. The van der Waals surface area contributed by atoms with Gasteiger partial charge in [0.1, 0.15) is 0 Å². The van der Waals surface area contributed by atoms with Crippen LogP contribution in [0.2, 0.25) is 0 Å². The second-order valence-corrected chi connectivity index (χ2v) is 6.89. The van der Waals surface area contributed by atoms with Crippen molar-refractivity contribution in [3.63, 3.8) is 0 Å². The zero-order valence-corrected chi connectivity index (χ0v) is 13.6. The molecule has 4 nitrogen and oxygen atoms in total. The molecule has 3 rings (SSSR count). The Morgan fingerprint density at radius 2 is 1.91 bits per heavy atom. The van der Waals surface area contributed by atoms with Crippen LogP contribution in [0.4, 0.5) is 0 Å². The Balaban J connectivity index is 1.58. The molecule has 124 valence electrons. The Morgan fingerprint density at radius 1 is 1.13 bits per heavy atom. The second-order valence-electron chi connectivity index (χ2n) is 6.89. The molecule has 2 fully saturated rings. The number of carbonyl (C=O) groups is 2. The summed E-state index contributed by atoms with van der Waals surface area (Å²) in [6, 6.07) is 10.8. The number of rotatable bonds is 4. The summed E-state index contributed by atoms with van der Waals surface area (Å²) >= 11 is 0. The smallest absolute Gasteiger partial charge is 0.225 e. The van der Waals surface area contributed by atoms with Gasteiger partial charge < -0.3 is 10.6 Å². The van der Waals surface area contributed by atoms with Gasteiger partial charge in [0.05, 0.1) is 5.92 Å². The SMILES string of the molecule is O=C1CC[C@H](C(=O)N[C@@H]2CCCC[C@H]2Cc2ccccc2)CN1. The molecule has 0 radical (unpaired) electrons. The molecule has 1 aromatic rings. The first-order chi connectivity index (χ1) is 11.2. The van der Waals surface area contributed by atoms with Crippen LogP contribution in [0.25, 0.3) is 0 Å². The van der Waals surface area contributed by atoms with Gasteiger partial charge in [-0.15, -0.1) is 0 Å². The van der Waals surface area contributed by atoms with Crippen molar-refractivity contribution in [3.8, 4) is 0 Å². The number of piperidine rings is 1. The highest BCUT2D eigenvalue weighted by Crippen LogP contribution is 2.28. The number of benzene rings is 1. The number of nitrogens with one attached hydrogen (secondary N) is 2. The van der Waals surface area contributed by atoms with Crippen molar-refractivity contribution in [2.24, 2.45) is 11.8 Å². The molecule has 1 aliphatic carbocycles. The van der Waals surface area contributed by atoms with Crippen LogP contribution >= 0.6 is 0 Å². The van der Waals surface area contributed by atoms with E-state index in [9.17, 15) is 9.59 Å². The van der Waals surface area contributed by atoms with Crippen LogP contribution in [-0.2, 0) is 16.0 Å². The Morgan fingerprint density at radius 3 is 2.65 bits per heavy atom. The van der Waals surface area contributed by atoms with Gasteiger partial charge in [0.2, 0.25) is 11.8 Å². The predicted molar refractivity (Wildman–Crippen MR) is 89.8 cm³/mol.